The van der Waals surface area contributed by atoms with Gasteiger partial charge in [-0.05, 0) is 12.0 Å². The molecule has 1 aromatic carbocycles. The minimum atomic E-state index is 1.11. The SMILES string of the molecule is CCCc1ccccc1-c1cscn1. The average molecular weight is 203 g/mol. The molecule has 0 N–H and O–H groups in total. The Morgan fingerprint density at radius 3 is 2.86 bits per heavy atom. The van der Waals surface area contributed by atoms with Crippen LogP contribution in [0.2, 0.25) is 0 Å². The molecule has 0 spiro atoms. The molecular formula is C12H13NS. The van der Waals surface area contributed by atoms with Crippen LogP contribution in [0.3, 0.4) is 0 Å². The number of aryl methyl sites for hydroxylation is 1. The molecule has 0 saturated carbocycles. The van der Waals surface area contributed by atoms with Crippen LogP contribution in [0.1, 0.15) is 18.9 Å². The largest absolute Gasteiger partial charge is 0.245 e. The first kappa shape index (κ1) is 9.41. The van der Waals surface area contributed by atoms with E-state index in [2.05, 4.69) is 41.6 Å². The maximum absolute atomic E-state index is 4.35. The van der Waals surface area contributed by atoms with Crippen molar-refractivity contribution in [2.24, 2.45) is 0 Å². The number of nitrogens with zero attached hydrogens (tertiary/aromatic N) is 1. The molecule has 0 fully saturated rings. The zero-order chi connectivity index (χ0) is 9.80. The molecule has 0 unspecified atom stereocenters. The second-order valence-electron chi connectivity index (χ2n) is 3.28. The topological polar surface area (TPSA) is 12.9 Å². The van der Waals surface area contributed by atoms with Crippen molar-refractivity contribution in [1.29, 1.82) is 0 Å². The lowest BCUT2D eigenvalue weighted by Gasteiger charge is -2.05. The fourth-order valence-electron chi connectivity index (χ4n) is 1.60. The highest BCUT2D eigenvalue weighted by Crippen LogP contribution is 2.24. The standard InChI is InChI=1S/C12H13NS/c1-2-5-10-6-3-4-7-11(10)12-8-14-9-13-12/h3-4,6-9H,2,5H2,1H3. The molecular weight excluding hydrogens is 190 g/mol. The smallest absolute Gasteiger partial charge is 0.0813 e. The van der Waals surface area contributed by atoms with Gasteiger partial charge in [0.05, 0.1) is 11.2 Å². The molecule has 72 valence electrons. The molecule has 2 aromatic rings. The van der Waals surface area contributed by atoms with Crippen LogP contribution in [-0.4, -0.2) is 4.98 Å². The van der Waals surface area contributed by atoms with Gasteiger partial charge in [0.2, 0.25) is 0 Å². The van der Waals surface area contributed by atoms with E-state index in [9.17, 15) is 0 Å². The Hall–Kier alpha value is -1.15. The van der Waals surface area contributed by atoms with E-state index >= 15 is 0 Å². The zero-order valence-corrected chi connectivity index (χ0v) is 9.05. The Bertz CT molecular complexity index is 392. The van der Waals surface area contributed by atoms with Crippen molar-refractivity contribution in [2.45, 2.75) is 19.8 Å². The Morgan fingerprint density at radius 2 is 2.14 bits per heavy atom. The first-order chi connectivity index (χ1) is 6.92. The minimum absolute atomic E-state index is 1.11. The second-order valence-corrected chi connectivity index (χ2v) is 4.00. The van der Waals surface area contributed by atoms with Crippen LogP contribution in [0.5, 0.6) is 0 Å². The Kier molecular flexibility index (Phi) is 2.94. The number of thiazole rings is 1. The summed E-state index contributed by atoms with van der Waals surface area (Å²) in [6, 6.07) is 8.52. The van der Waals surface area contributed by atoms with Gasteiger partial charge in [0.15, 0.2) is 0 Å². The van der Waals surface area contributed by atoms with Crippen LogP contribution < -0.4 is 0 Å². The van der Waals surface area contributed by atoms with Crippen LogP contribution in [0.25, 0.3) is 11.3 Å². The molecule has 0 saturated heterocycles. The van der Waals surface area contributed by atoms with Crippen LogP contribution in [-0.2, 0) is 6.42 Å². The molecule has 0 aliphatic rings. The van der Waals surface area contributed by atoms with Crippen molar-refractivity contribution in [3.05, 3.63) is 40.7 Å². The van der Waals surface area contributed by atoms with E-state index in [-0.39, 0.29) is 0 Å². The molecule has 1 nitrogen and oxygen atoms in total. The zero-order valence-electron chi connectivity index (χ0n) is 8.23. The van der Waals surface area contributed by atoms with Crippen LogP contribution in [0, 0.1) is 0 Å². The van der Waals surface area contributed by atoms with Crippen LogP contribution in [0.4, 0.5) is 0 Å². The highest BCUT2D eigenvalue weighted by atomic mass is 32.1. The summed E-state index contributed by atoms with van der Waals surface area (Å²) < 4.78 is 0. The lowest BCUT2D eigenvalue weighted by Crippen LogP contribution is -1.88. The molecule has 0 amide bonds. The molecule has 0 aliphatic heterocycles. The molecule has 0 radical (unpaired) electrons. The van der Waals surface area contributed by atoms with E-state index in [1.807, 2.05) is 5.51 Å². The van der Waals surface area contributed by atoms with Crippen molar-refractivity contribution in [1.82, 2.24) is 4.98 Å². The maximum Gasteiger partial charge on any atom is 0.0813 e. The van der Waals surface area contributed by atoms with Crippen LogP contribution in [0.15, 0.2) is 35.2 Å². The second kappa shape index (κ2) is 4.38. The highest BCUT2D eigenvalue weighted by molar-refractivity contribution is 7.07. The fraction of sp³-hybridized carbons (Fsp3) is 0.250. The summed E-state index contributed by atoms with van der Waals surface area (Å²) in [4.78, 5) is 4.35. The average Bonchev–Trinajstić information content (AvgIpc) is 2.72. The summed E-state index contributed by atoms with van der Waals surface area (Å²) in [6.07, 6.45) is 2.31. The van der Waals surface area contributed by atoms with E-state index in [1.54, 1.807) is 11.3 Å². The number of rotatable bonds is 3. The van der Waals surface area contributed by atoms with E-state index in [0.717, 1.165) is 12.1 Å². The molecule has 2 rings (SSSR count). The number of aromatic nitrogens is 1. The number of benzene rings is 1. The normalized spacial score (nSPS) is 10.4. The van der Waals surface area contributed by atoms with Gasteiger partial charge in [-0.2, -0.15) is 0 Å². The summed E-state index contributed by atoms with van der Waals surface area (Å²) >= 11 is 1.65. The van der Waals surface area contributed by atoms with Crippen molar-refractivity contribution < 1.29 is 0 Å². The van der Waals surface area contributed by atoms with Gasteiger partial charge in [-0.3, -0.25) is 0 Å². The molecule has 1 aromatic heterocycles. The van der Waals surface area contributed by atoms with Gasteiger partial charge in [-0.15, -0.1) is 11.3 Å². The fourth-order valence-corrected chi connectivity index (χ4v) is 2.16. The van der Waals surface area contributed by atoms with Gasteiger partial charge in [-0.1, -0.05) is 37.6 Å². The maximum atomic E-state index is 4.35. The Labute approximate surface area is 88.4 Å². The third kappa shape index (κ3) is 1.85. The van der Waals surface area contributed by atoms with Gasteiger partial charge in [0, 0.05) is 10.9 Å². The highest BCUT2D eigenvalue weighted by Gasteiger charge is 2.04. The van der Waals surface area contributed by atoms with Crippen molar-refractivity contribution in [2.75, 3.05) is 0 Å². The summed E-state index contributed by atoms with van der Waals surface area (Å²) in [5, 5.41) is 2.11. The van der Waals surface area contributed by atoms with Crippen LogP contribution >= 0.6 is 11.3 Å². The first-order valence-corrected chi connectivity index (χ1v) is 5.82. The predicted octanol–water partition coefficient (Wildman–Crippen LogP) is 3.76. The molecule has 0 bridgehead atoms. The summed E-state index contributed by atoms with van der Waals surface area (Å²) in [5.41, 5.74) is 5.69. The summed E-state index contributed by atoms with van der Waals surface area (Å²) in [5.74, 6) is 0. The van der Waals surface area contributed by atoms with Crippen molar-refractivity contribution >= 4 is 11.3 Å². The van der Waals surface area contributed by atoms with Gasteiger partial charge >= 0.3 is 0 Å². The van der Waals surface area contributed by atoms with Crippen molar-refractivity contribution in [3.8, 4) is 11.3 Å². The lowest BCUT2D eigenvalue weighted by atomic mass is 10.0. The third-order valence-electron chi connectivity index (χ3n) is 2.24. The summed E-state index contributed by atoms with van der Waals surface area (Å²) in [6.45, 7) is 2.21. The number of hydrogen-bond donors (Lipinski definition) is 0. The lowest BCUT2D eigenvalue weighted by molar-refractivity contribution is 0.923. The number of hydrogen-bond acceptors (Lipinski definition) is 2. The van der Waals surface area contributed by atoms with Gasteiger partial charge in [0.1, 0.15) is 0 Å². The van der Waals surface area contributed by atoms with E-state index in [4.69, 9.17) is 0 Å². The van der Waals surface area contributed by atoms with Gasteiger partial charge in [0.25, 0.3) is 0 Å². The van der Waals surface area contributed by atoms with Gasteiger partial charge in [-0.25, -0.2) is 4.98 Å². The molecule has 0 aliphatic carbocycles. The van der Waals surface area contributed by atoms with E-state index in [0.29, 0.717) is 0 Å². The van der Waals surface area contributed by atoms with E-state index in [1.165, 1.54) is 17.5 Å². The molecule has 2 heteroatoms. The Morgan fingerprint density at radius 1 is 1.29 bits per heavy atom. The van der Waals surface area contributed by atoms with Gasteiger partial charge < -0.3 is 0 Å². The third-order valence-corrected chi connectivity index (χ3v) is 2.83. The minimum Gasteiger partial charge on any atom is -0.245 e. The van der Waals surface area contributed by atoms with Crippen molar-refractivity contribution in [3.63, 3.8) is 0 Å². The monoisotopic (exact) mass is 203 g/mol. The molecule has 14 heavy (non-hydrogen) atoms. The molecule has 1 heterocycles. The Balaban J connectivity index is 2.42. The van der Waals surface area contributed by atoms with E-state index < -0.39 is 0 Å². The first-order valence-electron chi connectivity index (χ1n) is 4.88. The molecule has 0 atom stereocenters. The summed E-state index contributed by atoms with van der Waals surface area (Å²) in [7, 11) is 0. The predicted molar refractivity (Wildman–Crippen MR) is 61.5 cm³/mol. The quantitative estimate of drug-likeness (QED) is 0.740.